The van der Waals surface area contributed by atoms with Gasteiger partial charge in [-0.05, 0) is 39.2 Å². The number of piperidine rings is 1. The number of hydrogen-bond donors (Lipinski definition) is 2. The fraction of sp³-hybridized carbons (Fsp3) is 0.909. The van der Waals surface area contributed by atoms with E-state index < -0.39 is 0 Å². The zero-order chi connectivity index (χ0) is 10.7. The van der Waals surface area contributed by atoms with Crippen molar-refractivity contribution < 1.29 is 9.53 Å². The molecule has 2 unspecified atom stereocenters. The van der Waals surface area contributed by atoms with Gasteiger partial charge in [0, 0.05) is 18.7 Å². The van der Waals surface area contributed by atoms with Gasteiger partial charge in [-0.2, -0.15) is 0 Å². The number of amides is 1. The van der Waals surface area contributed by atoms with Crippen molar-refractivity contribution in [2.24, 2.45) is 0 Å². The van der Waals surface area contributed by atoms with E-state index in [0.29, 0.717) is 6.04 Å². The molecule has 2 rings (SSSR count). The normalized spacial score (nSPS) is 36.5. The van der Waals surface area contributed by atoms with E-state index in [-0.39, 0.29) is 18.1 Å². The molecule has 4 heteroatoms. The standard InChI is InChI=1S/C11H20N2O2/c1-8-9(4-2-6-12-8)13-11(14)10-5-3-7-15-10/h8-10,12H,2-7H2,1H3,(H,13,14)/t8?,9?,10-/m1/s1. The molecule has 4 nitrogen and oxygen atoms in total. The Labute approximate surface area is 90.8 Å². The van der Waals surface area contributed by atoms with Gasteiger partial charge in [0.25, 0.3) is 0 Å². The van der Waals surface area contributed by atoms with Gasteiger partial charge in [0.1, 0.15) is 6.10 Å². The Morgan fingerprint density at radius 1 is 1.40 bits per heavy atom. The number of carbonyl (C=O) groups excluding carboxylic acids is 1. The molecule has 0 aromatic heterocycles. The van der Waals surface area contributed by atoms with Crippen molar-refractivity contribution >= 4 is 5.91 Å². The van der Waals surface area contributed by atoms with E-state index in [1.807, 2.05) is 0 Å². The summed E-state index contributed by atoms with van der Waals surface area (Å²) in [5.41, 5.74) is 0. The number of rotatable bonds is 2. The van der Waals surface area contributed by atoms with Crippen LogP contribution in [0.2, 0.25) is 0 Å². The second-order valence-electron chi connectivity index (χ2n) is 4.50. The second-order valence-corrected chi connectivity index (χ2v) is 4.50. The molecule has 2 heterocycles. The van der Waals surface area contributed by atoms with E-state index in [0.717, 1.165) is 38.8 Å². The first-order valence-corrected chi connectivity index (χ1v) is 5.93. The average molecular weight is 212 g/mol. The lowest BCUT2D eigenvalue weighted by atomic mass is 9.99. The van der Waals surface area contributed by atoms with Crippen LogP contribution in [-0.4, -0.2) is 37.2 Å². The van der Waals surface area contributed by atoms with Crippen LogP contribution in [0.4, 0.5) is 0 Å². The summed E-state index contributed by atoms with van der Waals surface area (Å²) in [6, 6.07) is 0.652. The zero-order valence-corrected chi connectivity index (χ0v) is 9.29. The van der Waals surface area contributed by atoms with E-state index in [1.54, 1.807) is 0 Å². The summed E-state index contributed by atoms with van der Waals surface area (Å²) in [6.07, 6.45) is 3.91. The molecular weight excluding hydrogens is 192 g/mol. The Hall–Kier alpha value is -0.610. The van der Waals surface area contributed by atoms with Gasteiger partial charge >= 0.3 is 0 Å². The van der Waals surface area contributed by atoms with E-state index in [2.05, 4.69) is 17.6 Å². The molecule has 0 aliphatic carbocycles. The van der Waals surface area contributed by atoms with Gasteiger partial charge in [-0.25, -0.2) is 0 Å². The van der Waals surface area contributed by atoms with Crippen molar-refractivity contribution in [2.75, 3.05) is 13.2 Å². The Bertz CT molecular complexity index is 227. The molecule has 2 aliphatic rings. The van der Waals surface area contributed by atoms with Crippen LogP contribution in [0.15, 0.2) is 0 Å². The van der Waals surface area contributed by atoms with Crippen LogP contribution in [0, 0.1) is 0 Å². The Balaban J connectivity index is 1.81. The highest BCUT2D eigenvalue weighted by Crippen LogP contribution is 2.14. The highest BCUT2D eigenvalue weighted by Gasteiger charge is 2.28. The van der Waals surface area contributed by atoms with Gasteiger partial charge in [0.05, 0.1) is 0 Å². The molecule has 3 atom stereocenters. The molecule has 0 saturated carbocycles. The summed E-state index contributed by atoms with van der Waals surface area (Å²) in [6.45, 7) is 3.92. The largest absolute Gasteiger partial charge is 0.368 e. The predicted molar refractivity (Wildman–Crippen MR) is 57.6 cm³/mol. The lowest BCUT2D eigenvalue weighted by Gasteiger charge is -2.31. The van der Waals surface area contributed by atoms with Crippen molar-refractivity contribution in [1.29, 1.82) is 0 Å². The summed E-state index contributed by atoms with van der Waals surface area (Å²) in [7, 11) is 0. The van der Waals surface area contributed by atoms with Crippen molar-refractivity contribution in [2.45, 2.75) is 50.8 Å². The van der Waals surface area contributed by atoms with E-state index >= 15 is 0 Å². The molecule has 0 bridgehead atoms. The smallest absolute Gasteiger partial charge is 0.249 e. The minimum Gasteiger partial charge on any atom is -0.368 e. The number of carbonyl (C=O) groups is 1. The molecule has 1 amide bonds. The van der Waals surface area contributed by atoms with Gasteiger partial charge in [0.2, 0.25) is 5.91 Å². The summed E-state index contributed by atoms with van der Waals surface area (Å²) in [5, 5.41) is 6.46. The molecule has 2 aliphatic heterocycles. The Morgan fingerprint density at radius 3 is 2.93 bits per heavy atom. The summed E-state index contributed by atoms with van der Waals surface area (Å²) >= 11 is 0. The number of nitrogens with one attached hydrogen (secondary N) is 2. The predicted octanol–water partition coefficient (Wildman–Crippen LogP) is 0.422. The third-order valence-corrected chi connectivity index (χ3v) is 3.31. The van der Waals surface area contributed by atoms with E-state index in [9.17, 15) is 4.79 Å². The third-order valence-electron chi connectivity index (χ3n) is 3.31. The monoisotopic (exact) mass is 212 g/mol. The van der Waals surface area contributed by atoms with Gasteiger partial charge in [-0.15, -0.1) is 0 Å². The lowest BCUT2D eigenvalue weighted by molar-refractivity contribution is -0.131. The summed E-state index contributed by atoms with van der Waals surface area (Å²) in [5.74, 6) is 0.0769. The van der Waals surface area contributed by atoms with Crippen LogP contribution in [0.25, 0.3) is 0 Å². The summed E-state index contributed by atoms with van der Waals surface area (Å²) < 4.78 is 5.36. The van der Waals surface area contributed by atoms with Crippen LogP contribution in [0.1, 0.15) is 32.6 Å². The number of ether oxygens (including phenoxy) is 1. The minimum absolute atomic E-state index is 0.0769. The van der Waals surface area contributed by atoms with Crippen molar-refractivity contribution in [1.82, 2.24) is 10.6 Å². The molecule has 2 saturated heterocycles. The fourth-order valence-electron chi connectivity index (χ4n) is 2.30. The maximum atomic E-state index is 11.8. The molecule has 2 fully saturated rings. The number of hydrogen-bond acceptors (Lipinski definition) is 3. The Kier molecular flexibility index (Phi) is 3.59. The quantitative estimate of drug-likeness (QED) is 0.697. The van der Waals surface area contributed by atoms with Crippen LogP contribution in [0.3, 0.4) is 0 Å². The molecule has 0 spiro atoms. The molecular formula is C11H20N2O2. The maximum Gasteiger partial charge on any atom is 0.249 e. The van der Waals surface area contributed by atoms with Crippen molar-refractivity contribution in [3.05, 3.63) is 0 Å². The first-order chi connectivity index (χ1) is 7.27. The SMILES string of the molecule is CC1NCCCC1NC(=O)[C@H]1CCCO1. The fourth-order valence-corrected chi connectivity index (χ4v) is 2.30. The highest BCUT2D eigenvalue weighted by molar-refractivity contribution is 5.81. The van der Waals surface area contributed by atoms with Crippen LogP contribution >= 0.6 is 0 Å². The molecule has 0 radical (unpaired) electrons. The zero-order valence-electron chi connectivity index (χ0n) is 9.29. The molecule has 15 heavy (non-hydrogen) atoms. The molecule has 2 N–H and O–H groups in total. The van der Waals surface area contributed by atoms with Crippen LogP contribution < -0.4 is 10.6 Å². The topological polar surface area (TPSA) is 50.4 Å². The van der Waals surface area contributed by atoms with E-state index in [1.165, 1.54) is 0 Å². The van der Waals surface area contributed by atoms with Gasteiger partial charge in [-0.3, -0.25) is 4.79 Å². The maximum absolute atomic E-state index is 11.8. The summed E-state index contributed by atoms with van der Waals surface area (Å²) in [4.78, 5) is 11.8. The van der Waals surface area contributed by atoms with Crippen LogP contribution in [-0.2, 0) is 9.53 Å². The second kappa shape index (κ2) is 4.94. The lowest BCUT2D eigenvalue weighted by Crippen LogP contribution is -2.53. The first-order valence-electron chi connectivity index (χ1n) is 5.93. The van der Waals surface area contributed by atoms with Gasteiger partial charge in [-0.1, -0.05) is 0 Å². The van der Waals surface area contributed by atoms with Crippen molar-refractivity contribution in [3.8, 4) is 0 Å². The third kappa shape index (κ3) is 2.69. The molecule has 0 aromatic rings. The Morgan fingerprint density at radius 2 is 2.27 bits per heavy atom. The first kappa shape index (κ1) is 10.9. The highest BCUT2D eigenvalue weighted by atomic mass is 16.5. The molecule has 86 valence electrons. The average Bonchev–Trinajstić information content (AvgIpc) is 2.74. The van der Waals surface area contributed by atoms with Crippen LogP contribution in [0.5, 0.6) is 0 Å². The molecule has 0 aromatic carbocycles. The van der Waals surface area contributed by atoms with Gasteiger partial charge in [0.15, 0.2) is 0 Å². The minimum atomic E-state index is -0.195. The van der Waals surface area contributed by atoms with Gasteiger partial charge < -0.3 is 15.4 Å². The van der Waals surface area contributed by atoms with Crippen molar-refractivity contribution in [3.63, 3.8) is 0 Å². The van der Waals surface area contributed by atoms with E-state index in [4.69, 9.17) is 4.74 Å².